The molecule has 1 aliphatic carbocycles. The van der Waals surface area contributed by atoms with Crippen LogP contribution in [0.2, 0.25) is 0 Å². The SMILES string of the molecule is CCCNc1cnc(COc2ccc3c(c2)CCC3)cn1. The Morgan fingerprint density at radius 1 is 1.14 bits per heavy atom. The molecule has 2 aromatic rings. The number of fused-ring (bicyclic) bond motifs is 1. The molecule has 0 unspecified atom stereocenters. The predicted octanol–water partition coefficient (Wildman–Crippen LogP) is 3.37. The molecule has 0 amide bonds. The summed E-state index contributed by atoms with van der Waals surface area (Å²) >= 11 is 0. The van der Waals surface area contributed by atoms with Gasteiger partial charge < -0.3 is 10.1 Å². The van der Waals surface area contributed by atoms with Crippen LogP contribution in [-0.2, 0) is 19.4 Å². The fraction of sp³-hybridized carbons (Fsp3) is 0.412. The maximum atomic E-state index is 5.82. The van der Waals surface area contributed by atoms with Crippen molar-refractivity contribution in [3.8, 4) is 5.75 Å². The van der Waals surface area contributed by atoms with Crippen LogP contribution in [0, 0.1) is 0 Å². The second kappa shape index (κ2) is 6.57. The van der Waals surface area contributed by atoms with Crippen LogP contribution >= 0.6 is 0 Å². The topological polar surface area (TPSA) is 47.0 Å². The first-order valence-electron chi connectivity index (χ1n) is 7.64. The van der Waals surface area contributed by atoms with E-state index in [1.807, 2.05) is 0 Å². The zero-order valence-electron chi connectivity index (χ0n) is 12.4. The fourth-order valence-corrected chi connectivity index (χ4v) is 2.57. The number of benzene rings is 1. The van der Waals surface area contributed by atoms with Crippen LogP contribution in [0.25, 0.3) is 0 Å². The van der Waals surface area contributed by atoms with Crippen LogP contribution in [0.3, 0.4) is 0 Å². The quantitative estimate of drug-likeness (QED) is 0.883. The van der Waals surface area contributed by atoms with Gasteiger partial charge in [0.15, 0.2) is 0 Å². The van der Waals surface area contributed by atoms with Crippen LogP contribution in [0.1, 0.15) is 36.6 Å². The monoisotopic (exact) mass is 283 g/mol. The lowest BCUT2D eigenvalue weighted by Crippen LogP contribution is -2.04. The number of nitrogens with one attached hydrogen (secondary N) is 1. The summed E-state index contributed by atoms with van der Waals surface area (Å²) in [6.45, 7) is 3.50. The van der Waals surface area contributed by atoms with Crippen molar-refractivity contribution in [1.29, 1.82) is 0 Å². The molecule has 110 valence electrons. The maximum Gasteiger partial charge on any atom is 0.144 e. The Morgan fingerprint density at radius 2 is 2.05 bits per heavy atom. The molecule has 0 spiro atoms. The van der Waals surface area contributed by atoms with Crippen molar-refractivity contribution in [2.45, 2.75) is 39.2 Å². The van der Waals surface area contributed by atoms with Crippen molar-refractivity contribution in [2.75, 3.05) is 11.9 Å². The first-order valence-corrected chi connectivity index (χ1v) is 7.64. The number of nitrogens with zero attached hydrogens (tertiary/aromatic N) is 2. The van der Waals surface area contributed by atoms with Crippen molar-refractivity contribution in [3.63, 3.8) is 0 Å². The van der Waals surface area contributed by atoms with Crippen LogP contribution < -0.4 is 10.1 Å². The molecule has 1 aliphatic rings. The van der Waals surface area contributed by atoms with Crippen LogP contribution in [0.15, 0.2) is 30.6 Å². The number of ether oxygens (including phenoxy) is 1. The molecule has 0 bridgehead atoms. The molecule has 1 N–H and O–H groups in total. The van der Waals surface area contributed by atoms with Gasteiger partial charge in [-0.15, -0.1) is 0 Å². The third-order valence-corrected chi connectivity index (χ3v) is 3.72. The van der Waals surface area contributed by atoms with Gasteiger partial charge in [0.05, 0.1) is 18.1 Å². The Labute approximate surface area is 125 Å². The number of hydrogen-bond acceptors (Lipinski definition) is 4. The van der Waals surface area contributed by atoms with Crippen molar-refractivity contribution in [1.82, 2.24) is 9.97 Å². The van der Waals surface area contributed by atoms with Gasteiger partial charge in [0.25, 0.3) is 0 Å². The Bertz CT molecular complexity index is 595. The molecular weight excluding hydrogens is 262 g/mol. The first-order chi connectivity index (χ1) is 10.3. The Balaban J connectivity index is 1.57. The Morgan fingerprint density at radius 3 is 2.86 bits per heavy atom. The smallest absolute Gasteiger partial charge is 0.144 e. The first kappa shape index (κ1) is 13.9. The molecule has 0 saturated carbocycles. The van der Waals surface area contributed by atoms with E-state index in [1.54, 1.807) is 12.4 Å². The summed E-state index contributed by atoms with van der Waals surface area (Å²) in [6.07, 6.45) is 8.24. The summed E-state index contributed by atoms with van der Waals surface area (Å²) in [7, 11) is 0. The van der Waals surface area contributed by atoms with Gasteiger partial charge in [0.1, 0.15) is 18.2 Å². The van der Waals surface area contributed by atoms with Crippen molar-refractivity contribution in [2.24, 2.45) is 0 Å². The van der Waals surface area contributed by atoms with Crippen molar-refractivity contribution in [3.05, 3.63) is 47.4 Å². The summed E-state index contributed by atoms with van der Waals surface area (Å²) in [6, 6.07) is 6.39. The van der Waals surface area contributed by atoms with E-state index in [9.17, 15) is 0 Å². The van der Waals surface area contributed by atoms with Gasteiger partial charge in [-0.05, 0) is 48.9 Å². The average molecular weight is 283 g/mol. The predicted molar refractivity (Wildman–Crippen MR) is 83.6 cm³/mol. The van der Waals surface area contributed by atoms with Gasteiger partial charge in [-0.2, -0.15) is 0 Å². The molecule has 1 heterocycles. The van der Waals surface area contributed by atoms with Crippen LogP contribution in [0.5, 0.6) is 5.75 Å². The van der Waals surface area contributed by atoms with Gasteiger partial charge in [0.2, 0.25) is 0 Å². The summed E-state index contributed by atoms with van der Waals surface area (Å²) in [4.78, 5) is 8.70. The molecule has 0 radical (unpaired) electrons. The third-order valence-electron chi connectivity index (χ3n) is 3.72. The second-order valence-corrected chi connectivity index (χ2v) is 5.39. The van der Waals surface area contributed by atoms with Gasteiger partial charge >= 0.3 is 0 Å². The van der Waals surface area contributed by atoms with Gasteiger partial charge in [-0.3, -0.25) is 4.98 Å². The minimum absolute atomic E-state index is 0.458. The molecular formula is C17H21N3O. The van der Waals surface area contributed by atoms with E-state index < -0.39 is 0 Å². The molecule has 4 nitrogen and oxygen atoms in total. The van der Waals surface area contributed by atoms with Gasteiger partial charge in [-0.1, -0.05) is 13.0 Å². The minimum Gasteiger partial charge on any atom is -0.487 e. The minimum atomic E-state index is 0.458. The zero-order chi connectivity index (χ0) is 14.5. The molecule has 0 saturated heterocycles. The normalized spacial score (nSPS) is 13.0. The lowest BCUT2D eigenvalue weighted by Gasteiger charge is -2.08. The number of hydrogen-bond donors (Lipinski definition) is 1. The summed E-state index contributed by atoms with van der Waals surface area (Å²) in [5.41, 5.74) is 3.74. The molecule has 1 aromatic carbocycles. The fourth-order valence-electron chi connectivity index (χ4n) is 2.57. The molecule has 0 aliphatic heterocycles. The Hall–Kier alpha value is -2.10. The van der Waals surface area contributed by atoms with Crippen molar-refractivity contribution < 1.29 is 4.74 Å². The van der Waals surface area contributed by atoms with Gasteiger partial charge in [-0.25, -0.2) is 4.98 Å². The molecule has 0 atom stereocenters. The van der Waals surface area contributed by atoms with E-state index in [0.29, 0.717) is 6.61 Å². The molecule has 3 rings (SSSR count). The number of aromatic nitrogens is 2. The summed E-state index contributed by atoms with van der Waals surface area (Å²) < 4.78 is 5.82. The lowest BCUT2D eigenvalue weighted by atomic mass is 10.1. The highest BCUT2D eigenvalue weighted by molar-refractivity contribution is 5.38. The summed E-state index contributed by atoms with van der Waals surface area (Å²) in [5.74, 6) is 1.74. The second-order valence-electron chi connectivity index (χ2n) is 5.39. The van der Waals surface area contributed by atoms with E-state index in [0.717, 1.165) is 30.2 Å². The highest BCUT2D eigenvalue weighted by Gasteiger charge is 2.11. The zero-order valence-corrected chi connectivity index (χ0v) is 12.4. The Kier molecular flexibility index (Phi) is 4.34. The van der Waals surface area contributed by atoms with Crippen LogP contribution in [-0.4, -0.2) is 16.5 Å². The standard InChI is InChI=1S/C17H21N3O/c1-2-8-18-17-11-19-15(10-20-17)12-21-16-7-6-13-4-3-5-14(13)9-16/h6-7,9-11H,2-5,8,12H2,1H3,(H,18,20). The molecule has 1 aromatic heterocycles. The molecule has 4 heteroatoms. The van der Waals surface area contributed by atoms with E-state index in [1.165, 1.54) is 30.4 Å². The molecule has 21 heavy (non-hydrogen) atoms. The summed E-state index contributed by atoms with van der Waals surface area (Å²) in [5, 5.41) is 3.21. The maximum absolute atomic E-state index is 5.82. The van der Waals surface area contributed by atoms with Crippen molar-refractivity contribution >= 4 is 5.82 Å². The van der Waals surface area contributed by atoms with Gasteiger partial charge in [0, 0.05) is 6.54 Å². The van der Waals surface area contributed by atoms with E-state index in [2.05, 4.69) is 40.4 Å². The third kappa shape index (κ3) is 3.51. The number of rotatable bonds is 6. The average Bonchev–Trinajstić information content (AvgIpc) is 2.99. The lowest BCUT2D eigenvalue weighted by molar-refractivity contribution is 0.300. The largest absolute Gasteiger partial charge is 0.487 e. The van der Waals surface area contributed by atoms with E-state index >= 15 is 0 Å². The molecule has 0 fully saturated rings. The highest BCUT2D eigenvalue weighted by Crippen LogP contribution is 2.26. The number of anilines is 1. The van der Waals surface area contributed by atoms with E-state index in [-0.39, 0.29) is 0 Å². The number of aryl methyl sites for hydroxylation is 2. The highest BCUT2D eigenvalue weighted by atomic mass is 16.5. The van der Waals surface area contributed by atoms with E-state index in [4.69, 9.17) is 4.74 Å². The van der Waals surface area contributed by atoms with Crippen LogP contribution in [0.4, 0.5) is 5.82 Å².